The second-order valence-corrected chi connectivity index (χ2v) is 5.53. The van der Waals surface area contributed by atoms with Gasteiger partial charge in [-0.3, -0.25) is 0 Å². The summed E-state index contributed by atoms with van der Waals surface area (Å²) in [6.07, 6.45) is 0.211. The van der Waals surface area contributed by atoms with Crippen LogP contribution in [0.2, 0.25) is 5.02 Å². The largest absolute Gasteiger partial charge is 0.386 e. The van der Waals surface area contributed by atoms with Crippen molar-refractivity contribution >= 4 is 17.4 Å². The van der Waals surface area contributed by atoms with Crippen LogP contribution < -0.4 is 5.73 Å². The number of rotatable bonds is 3. The summed E-state index contributed by atoms with van der Waals surface area (Å²) in [4.78, 5) is 3.93. The first-order valence-electron chi connectivity index (χ1n) is 5.39. The number of nitrogen functional groups attached to an aromatic ring is 1. The minimum Gasteiger partial charge on any atom is -0.386 e. The van der Waals surface area contributed by atoms with Gasteiger partial charge in [0.25, 0.3) is 0 Å². The Bertz CT molecular complexity index is 391. The summed E-state index contributed by atoms with van der Waals surface area (Å²) in [5.41, 5.74) is 6.02. The van der Waals surface area contributed by atoms with E-state index in [0.29, 0.717) is 10.6 Å². The van der Waals surface area contributed by atoms with Crippen LogP contribution in [0.3, 0.4) is 0 Å². The highest BCUT2D eigenvalue weighted by atomic mass is 35.5. The number of methoxy groups -OCH3 is 1. The summed E-state index contributed by atoms with van der Waals surface area (Å²) in [6, 6.07) is 1.62. The van der Waals surface area contributed by atoms with Crippen LogP contribution in [0.4, 0.5) is 5.82 Å². The van der Waals surface area contributed by atoms with Crippen LogP contribution in [0, 0.1) is 5.41 Å². The number of aromatic nitrogens is 1. The summed E-state index contributed by atoms with van der Waals surface area (Å²) in [6.45, 7) is 5.95. The van der Waals surface area contributed by atoms with Gasteiger partial charge in [0.05, 0.1) is 11.1 Å². The molecule has 5 heteroatoms. The Balaban J connectivity index is 3.10. The highest BCUT2D eigenvalue weighted by molar-refractivity contribution is 6.30. The van der Waals surface area contributed by atoms with Gasteiger partial charge in [0, 0.05) is 18.9 Å². The molecule has 1 aromatic heterocycles. The third-order valence-corrected chi connectivity index (χ3v) is 2.84. The number of anilines is 1. The van der Waals surface area contributed by atoms with E-state index in [1.54, 1.807) is 13.2 Å². The first kappa shape index (κ1) is 14.2. The number of ether oxygens (including phenoxy) is 1. The third-order valence-electron chi connectivity index (χ3n) is 2.63. The van der Waals surface area contributed by atoms with Crippen LogP contribution in [0.25, 0.3) is 0 Å². The van der Waals surface area contributed by atoms with Crippen LogP contribution >= 0.6 is 11.6 Å². The molecule has 0 fully saturated rings. The maximum Gasteiger partial charge on any atom is 0.129 e. The van der Waals surface area contributed by atoms with Crippen molar-refractivity contribution in [2.24, 2.45) is 5.41 Å². The molecule has 0 radical (unpaired) electrons. The number of aliphatic hydroxyl groups is 1. The van der Waals surface area contributed by atoms with Gasteiger partial charge in [-0.05, 0) is 11.5 Å². The predicted molar refractivity (Wildman–Crippen MR) is 68.9 cm³/mol. The third kappa shape index (κ3) is 3.31. The fourth-order valence-electron chi connectivity index (χ4n) is 1.82. The Hall–Kier alpha value is -0.840. The minimum absolute atomic E-state index is 0.219. The Morgan fingerprint density at radius 1 is 1.47 bits per heavy atom. The van der Waals surface area contributed by atoms with Gasteiger partial charge >= 0.3 is 0 Å². The quantitative estimate of drug-likeness (QED) is 0.874. The van der Waals surface area contributed by atoms with Gasteiger partial charge in [-0.1, -0.05) is 32.4 Å². The molecular weight excluding hydrogens is 240 g/mol. The molecule has 2 unspecified atom stereocenters. The van der Waals surface area contributed by atoms with Gasteiger partial charge in [-0.2, -0.15) is 0 Å². The number of nitrogens with two attached hydrogens (primary N) is 1. The Kier molecular flexibility index (Phi) is 4.36. The molecule has 17 heavy (non-hydrogen) atoms. The van der Waals surface area contributed by atoms with Crippen molar-refractivity contribution in [1.82, 2.24) is 4.98 Å². The van der Waals surface area contributed by atoms with Crippen LogP contribution in [0.5, 0.6) is 0 Å². The number of hydrogen-bond donors (Lipinski definition) is 2. The van der Waals surface area contributed by atoms with Gasteiger partial charge in [0.1, 0.15) is 11.9 Å². The lowest BCUT2D eigenvalue weighted by molar-refractivity contribution is -0.0722. The Labute approximate surface area is 107 Å². The molecule has 0 bridgehead atoms. The van der Waals surface area contributed by atoms with E-state index in [2.05, 4.69) is 4.98 Å². The summed E-state index contributed by atoms with van der Waals surface area (Å²) < 4.78 is 5.35. The standard InChI is InChI=1S/C12H19ClN2O2/c1-12(2,3)10(17-4)9(16)8-5-7(13)6-15-11(8)14/h5-6,9-10,16H,1-4H3,(H2,14,15). The molecule has 2 atom stereocenters. The second kappa shape index (κ2) is 5.21. The summed E-state index contributed by atoms with van der Waals surface area (Å²) in [5.74, 6) is 0.271. The lowest BCUT2D eigenvalue weighted by Crippen LogP contribution is -2.34. The maximum atomic E-state index is 10.3. The van der Waals surface area contributed by atoms with Crippen LogP contribution in [-0.4, -0.2) is 23.3 Å². The molecular formula is C12H19ClN2O2. The van der Waals surface area contributed by atoms with E-state index in [0.717, 1.165) is 0 Å². The van der Waals surface area contributed by atoms with E-state index in [1.807, 2.05) is 20.8 Å². The lowest BCUT2D eigenvalue weighted by atomic mass is 9.83. The number of aliphatic hydroxyl groups excluding tert-OH is 1. The van der Waals surface area contributed by atoms with Crippen molar-refractivity contribution in [1.29, 1.82) is 0 Å². The Morgan fingerprint density at radius 3 is 2.53 bits per heavy atom. The fourth-order valence-corrected chi connectivity index (χ4v) is 1.99. The molecule has 1 aromatic rings. The first-order valence-corrected chi connectivity index (χ1v) is 5.77. The predicted octanol–water partition coefficient (Wildman–Crippen LogP) is 2.41. The van der Waals surface area contributed by atoms with E-state index in [1.165, 1.54) is 6.20 Å². The van der Waals surface area contributed by atoms with Crippen molar-refractivity contribution in [2.75, 3.05) is 12.8 Å². The maximum absolute atomic E-state index is 10.3. The fraction of sp³-hybridized carbons (Fsp3) is 0.583. The van der Waals surface area contributed by atoms with E-state index in [4.69, 9.17) is 22.1 Å². The van der Waals surface area contributed by atoms with Crippen molar-refractivity contribution < 1.29 is 9.84 Å². The molecule has 1 rings (SSSR count). The van der Waals surface area contributed by atoms with Gasteiger partial charge in [-0.25, -0.2) is 4.98 Å². The molecule has 0 aliphatic heterocycles. The number of nitrogens with zero attached hydrogens (tertiary/aromatic N) is 1. The molecule has 0 aromatic carbocycles. The monoisotopic (exact) mass is 258 g/mol. The van der Waals surface area contributed by atoms with Gasteiger partial charge in [-0.15, -0.1) is 0 Å². The molecule has 4 nitrogen and oxygen atoms in total. The molecule has 3 N–H and O–H groups in total. The van der Waals surface area contributed by atoms with E-state index in [-0.39, 0.29) is 17.3 Å². The average Bonchev–Trinajstić information content (AvgIpc) is 2.20. The molecule has 96 valence electrons. The molecule has 0 aliphatic carbocycles. The van der Waals surface area contributed by atoms with Gasteiger partial charge in [0.15, 0.2) is 0 Å². The normalized spacial score (nSPS) is 15.6. The van der Waals surface area contributed by atoms with Crippen molar-refractivity contribution in [3.63, 3.8) is 0 Å². The van der Waals surface area contributed by atoms with E-state index >= 15 is 0 Å². The van der Waals surface area contributed by atoms with Crippen LogP contribution in [0.15, 0.2) is 12.3 Å². The van der Waals surface area contributed by atoms with E-state index in [9.17, 15) is 5.11 Å². The highest BCUT2D eigenvalue weighted by Crippen LogP contribution is 2.34. The molecule has 0 aliphatic rings. The summed E-state index contributed by atoms with van der Waals surface area (Å²) in [7, 11) is 1.56. The first-order chi connectivity index (χ1) is 7.77. The topological polar surface area (TPSA) is 68.4 Å². The zero-order valence-corrected chi connectivity index (χ0v) is 11.3. The summed E-state index contributed by atoms with van der Waals surface area (Å²) in [5, 5.41) is 10.8. The second-order valence-electron chi connectivity index (χ2n) is 5.10. The SMILES string of the molecule is COC(C(O)c1cc(Cl)cnc1N)C(C)(C)C. The van der Waals surface area contributed by atoms with Crippen molar-refractivity contribution in [3.8, 4) is 0 Å². The molecule has 1 heterocycles. The van der Waals surface area contributed by atoms with E-state index < -0.39 is 6.10 Å². The average molecular weight is 259 g/mol. The van der Waals surface area contributed by atoms with Crippen LogP contribution in [0.1, 0.15) is 32.4 Å². The minimum atomic E-state index is -0.855. The molecule has 0 amide bonds. The van der Waals surface area contributed by atoms with Crippen molar-refractivity contribution in [3.05, 3.63) is 22.8 Å². The molecule has 0 saturated heterocycles. The smallest absolute Gasteiger partial charge is 0.129 e. The number of pyridine rings is 1. The van der Waals surface area contributed by atoms with Crippen molar-refractivity contribution in [2.45, 2.75) is 33.0 Å². The molecule has 0 spiro atoms. The van der Waals surface area contributed by atoms with Crippen LogP contribution in [-0.2, 0) is 4.74 Å². The van der Waals surface area contributed by atoms with Gasteiger partial charge < -0.3 is 15.6 Å². The number of halogens is 1. The highest BCUT2D eigenvalue weighted by Gasteiger charge is 2.33. The Morgan fingerprint density at radius 2 is 2.06 bits per heavy atom. The molecule has 0 saturated carbocycles. The summed E-state index contributed by atoms with van der Waals surface area (Å²) >= 11 is 5.85. The zero-order chi connectivity index (χ0) is 13.2. The number of hydrogen-bond acceptors (Lipinski definition) is 4. The van der Waals surface area contributed by atoms with Gasteiger partial charge in [0.2, 0.25) is 0 Å². The lowest BCUT2D eigenvalue weighted by Gasteiger charge is -2.33. The zero-order valence-electron chi connectivity index (χ0n) is 10.6.